The molecule has 0 saturated heterocycles. The second-order valence-electron chi connectivity index (χ2n) is 4.92. The van der Waals surface area contributed by atoms with Crippen molar-refractivity contribution in [2.45, 2.75) is 51.2 Å². The first kappa shape index (κ1) is 11.5. The van der Waals surface area contributed by atoms with Crippen molar-refractivity contribution >= 4 is 0 Å². The lowest BCUT2D eigenvalue weighted by atomic mass is 9.86. The smallest absolute Gasteiger partial charge is 0.124 e. The maximum absolute atomic E-state index is 6.18. The molecule has 0 aliphatic heterocycles. The number of rotatable bonds is 3. The van der Waals surface area contributed by atoms with Gasteiger partial charge >= 0.3 is 0 Å². The van der Waals surface area contributed by atoms with Crippen molar-refractivity contribution in [3.8, 4) is 5.75 Å². The van der Waals surface area contributed by atoms with E-state index in [0.29, 0.717) is 6.54 Å². The summed E-state index contributed by atoms with van der Waals surface area (Å²) in [5.41, 5.74) is 6.84. The van der Waals surface area contributed by atoms with Crippen molar-refractivity contribution in [2.75, 3.05) is 0 Å². The summed E-state index contributed by atoms with van der Waals surface area (Å²) in [5.74, 6) is 0.967. The van der Waals surface area contributed by atoms with Crippen LogP contribution in [0.2, 0.25) is 0 Å². The standard InChI is InChI=1S/C14H21NO/c1-14(9-5-2-6-10-14)16-13-8-4-3-7-12(13)11-15/h3-4,7-8H,2,5-6,9-11,15H2,1H3. The summed E-state index contributed by atoms with van der Waals surface area (Å²) < 4.78 is 6.18. The van der Waals surface area contributed by atoms with Crippen LogP contribution in [0.4, 0.5) is 0 Å². The molecule has 2 rings (SSSR count). The molecule has 1 aromatic rings. The van der Waals surface area contributed by atoms with Gasteiger partial charge in [-0.15, -0.1) is 0 Å². The Labute approximate surface area is 97.8 Å². The van der Waals surface area contributed by atoms with Crippen LogP contribution in [0.5, 0.6) is 5.75 Å². The van der Waals surface area contributed by atoms with Crippen LogP contribution in [0.15, 0.2) is 24.3 Å². The fraction of sp³-hybridized carbons (Fsp3) is 0.571. The first-order chi connectivity index (χ1) is 7.73. The third kappa shape index (κ3) is 2.56. The van der Waals surface area contributed by atoms with Crippen molar-refractivity contribution in [3.63, 3.8) is 0 Å². The molecule has 0 radical (unpaired) electrons. The molecule has 1 aromatic carbocycles. The van der Waals surface area contributed by atoms with Gasteiger partial charge in [0.1, 0.15) is 11.4 Å². The van der Waals surface area contributed by atoms with Crippen molar-refractivity contribution in [1.29, 1.82) is 0 Å². The number of ether oxygens (including phenoxy) is 1. The molecule has 16 heavy (non-hydrogen) atoms. The van der Waals surface area contributed by atoms with Crippen LogP contribution in [0.25, 0.3) is 0 Å². The molecule has 0 bridgehead atoms. The molecule has 88 valence electrons. The monoisotopic (exact) mass is 219 g/mol. The van der Waals surface area contributed by atoms with E-state index in [2.05, 4.69) is 6.92 Å². The molecule has 0 aromatic heterocycles. The zero-order valence-electron chi connectivity index (χ0n) is 10.0. The second kappa shape index (κ2) is 4.88. The lowest BCUT2D eigenvalue weighted by Crippen LogP contribution is -2.34. The highest BCUT2D eigenvalue weighted by molar-refractivity contribution is 5.33. The molecule has 2 N–H and O–H groups in total. The largest absolute Gasteiger partial charge is 0.487 e. The Morgan fingerprint density at radius 3 is 2.56 bits per heavy atom. The van der Waals surface area contributed by atoms with E-state index in [-0.39, 0.29) is 5.60 Å². The summed E-state index contributed by atoms with van der Waals surface area (Å²) in [7, 11) is 0. The van der Waals surface area contributed by atoms with Gasteiger partial charge in [0, 0.05) is 12.1 Å². The summed E-state index contributed by atoms with van der Waals surface area (Å²) in [6.07, 6.45) is 6.22. The third-order valence-corrected chi connectivity index (χ3v) is 3.46. The minimum atomic E-state index is 0.0174. The molecule has 1 aliphatic carbocycles. The highest BCUT2D eigenvalue weighted by Crippen LogP contribution is 2.33. The zero-order valence-corrected chi connectivity index (χ0v) is 10.0. The third-order valence-electron chi connectivity index (χ3n) is 3.46. The van der Waals surface area contributed by atoms with Crippen molar-refractivity contribution in [2.24, 2.45) is 5.73 Å². The maximum Gasteiger partial charge on any atom is 0.124 e. The van der Waals surface area contributed by atoms with Gasteiger partial charge in [0.15, 0.2) is 0 Å². The minimum Gasteiger partial charge on any atom is -0.487 e. The van der Waals surface area contributed by atoms with Gasteiger partial charge in [-0.25, -0.2) is 0 Å². The van der Waals surface area contributed by atoms with Gasteiger partial charge in [0.25, 0.3) is 0 Å². The van der Waals surface area contributed by atoms with E-state index < -0.39 is 0 Å². The molecule has 1 fully saturated rings. The fourth-order valence-electron chi connectivity index (χ4n) is 2.44. The highest BCUT2D eigenvalue weighted by Gasteiger charge is 2.29. The zero-order chi connectivity index (χ0) is 11.4. The average Bonchev–Trinajstić information content (AvgIpc) is 2.30. The summed E-state index contributed by atoms with van der Waals surface area (Å²) in [5, 5.41) is 0. The Hall–Kier alpha value is -1.02. The second-order valence-corrected chi connectivity index (χ2v) is 4.92. The maximum atomic E-state index is 6.18. The highest BCUT2D eigenvalue weighted by atomic mass is 16.5. The Balaban J connectivity index is 2.12. The average molecular weight is 219 g/mol. The number of nitrogens with two attached hydrogens (primary N) is 1. The molecule has 0 amide bonds. The van der Waals surface area contributed by atoms with Crippen molar-refractivity contribution < 1.29 is 4.74 Å². The number of hydrogen-bond acceptors (Lipinski definition) is 2. The summed E-state index contributed by atoms with van der Waals surface area (Å²) in [4.78, 5) is 0. The molecular weight excluding hydrogens is 198 g/mol. The molecule has 0 spiro atoms. The molecule has 0 atom stereocenters. The van der Waals surface area contributed by atoms with Crippen LogP contribution in [0.3, 0.4) is 0 Å². The van der Waals surface area contributed by atoms with Gasteiger partial charge in [-0.05, 0) is 38.7 Å². The molecule has 2 heteroatoms. The number of para-hydroxylation sites is 1. The van der Waals surface area contributed by atoms with E-state index >= 15 is 0 Å². The van der Waals surface area contributed by atoms with E-state index in [1.54, 1.807) is 0 Å². The van der Waals surface area contributed by atoms with Crippen molar-refractivity contribution in [1.82, 2.24) is 0 Å². The normalized spacial score (nSPS) is 19.4. The molecule has 0 heterocycles. The predicted molar refractivity (Wildman–Crippen MR) is 66.5 cm³/mol. The van der Waals surface area contributed by atoms with Gasteiger partial charge < -0.3 is 10.5 Å². The van der Waals surface area contributed by atoms with Crippen LogP contribution < -0.4 is 10.5 Å². The van der Waals surface area contributed by atoms with Gasteiger partial charge in [-0.3, -0.25) is 0 Å². The Morgan fingerprint density at radius 1 is 1.19 bits per heavy atom. The van der Waals surface area contributed by atoms with E-state index in [4.69, 9.17) is 10.5 Å². The van der Waals surface area contributed by atoms with Crippen LogP contribution >= 0.6 is 0 Å². The van der Waals surface area contributed by atoms with E-state index in [0.717, 1.165) is 24.2 Å². The van der Waals surface area contributed by atoms with Gasteiger partial charge in [-0.1, -0.05) is 24.6 Å². The first-order valence-corrected chi connectivity index (χ1v) is 6.20. The van der Waals surface area contributed by atoms with Crippen LogP contribution in [0.1, 0.15) is 44.6 Å². The van der Waals surface area contributed by atoms with Crippen molar-refractivity contribution in [3.05, 3.63) is 29.8 Å². The quantitative estimate of drug-likeness (QED) is 0.847. The Bertz CT molecular complexity index is 342. The molecule has 1 saturated carbocycles. The van der Waals surface area contributed by atoms with Gasteiger partial charge in [-0.2, -0.15) is 0 Å². The predicted octanol–water partition coefficient (Wildman–Crippen LogP) is 3.25. The molecule has 1 aliphatic rings. The number of hydrogen-bond donors (Lipinski definition) is 1. The van der Waals surface area contributed by atoms with Gasteiger partial charge in [0.05, 0.1) is 0 Å². The lowest BCUT2D eigenvalue weighted by molar-refractivity contribution is 0.0478. The molecule has 0 unspecified atom stereocenters. The van der Waals surface area contributed by atoms with Crippen LogP contribution in [0, 0.1) is 0 Å². The first-order valence-electron chi connectivity index (χ1n) is 6.20. The number of benzene rings is 1. The Kier molecular flexibility index (Phi) is 3.49. The molecule has 2 nitrogen and oxygen atoms in total. The van der Waals surface area contributed by atoms with Crippen LogP contribution in [-0.2, 0) is 6.54 Å². The summed E-state index contributed by atoms with van der Waals surface area (Å²) in [6, 6.07) is 8.10. The molecular formula is C14H21NO. The van der Waals surface area contributed by atoms with E-state index in [1.807, 2.05) is 24.3 Å². The van der Waals surface area contributed by atoms with Gasteiger partial charge in [0.2, 0.25) is 0 Å². The SMILES string of the molecule is CC1(Oc2ccccc2CN)CCCCC1. The lowest BCUT2D eigenvalue weighted by Gasteiger charge is -2.34. The fourth-order valence-corrected chi connectivity index (χ4v) is 2.44. The van der Waals surface area contributed by atoms with E-state index in [1.165, 1.54) is 19.3 Å². The summed E-state index contributed by atoms with van der Waals surface area (Å²) >= 11 is 0. The minimum absolute atomic E-state index is 0.0174. The van der Waals surface area contributed by atoms with Crippen LogP contribution in [-0.4, -0.2) is 5.60 Å². The van der Waals surface area contributed by atoms with E-state index in [9.17, 15) is 0 Å². The Morgan fingerprint density at radius 2 is 1.88 bits per heavy atom. The summed E-state index contributed by atoms with van der Waals surface area (Å²) in [6.45, 7) is 2.77. The topological polar surface area (TPSA) is 35.2 Å².